The first kappa shape index (κ1) is 35.8. The minimum Gasteiger partial charge on any atom is -0.397 e. The molecule has 0 aliphatic carbocycles. The second-order valence-corrected chi connectivity index (χ2v) is 15.3. The molecule has 14 heteroatoms. The Labute approximate surface area is 302 Å². The van der Waals surface area contributed by atoms with E-state index in [2.05, 4.69) is 15.1 Å². The minimum absolute atomic E-state index is 0.0361. The number of para-hydroxylation sites is 1. The van der Waals surface area contributed by atoms with Crippen molar-refractivity contribution in [1.82, 2.24) is 24.5 Å². The molecule has 6 heterocycles. The number of anilines is 2. The number of carbonyl (C=O) groups excluding carboxylic acids is 3. The molecule has 0 spiro atoms. The van der Waals surface area contributed by atoms with Crippen LogP contribution >= 0.6 is 11.6 Å². The molecule has 6 aliphatic heterocycles. The van der Waals surface area contributed by atoms with E-state index in [9.17, 15) is 27.6 Å². The molecule has 2 aromatic rings. The van der Waals surface area contributed by atoms with Crippen molar-refractivity contribution in [1.29, 1.82) is 0 Å². The molecule has 2 unspecified atom stereocenters. The van der Waals surface area contributed by atoms with Gasteiger partial charge in [-0.15, -0.1) is 0 Å². The van der Waals surface area contributed by atoms with Crippen molar-refractivity contribution in [2.45, 2.75) is 63.2 Å². The highest BCUT2D eigenvalue weighted by molar-refractivity contribution is 6.33. The van der Waals surface area contributed by atoms with Gasteiger partial charge in [0.2, 0.25) is 11.8 Å². The standard InChI is InChI=1S/C37H47ClF3N7O3/c38-30-21-24(20-29(34(30)42)37(39,40)41)19-27(35(50)47-17-15-45(16-18-47)32-23-44-10-5-26(32)6-11-44)22-33(49)46-12-8-28(9-13-46)48-14-7-25-3-1-2-4-31(25)43-36(48)51/h1-4,20-21,26-28,32H,5-19,22-23,42H2,(H,43,51). The lowest BCUT2D eigenvalue weighted by molar-refractivity contribution is -0.143. The summed E-state index contributed by atoms with van der Waals surface area (Å²) in [6, 6.07) is 10.4. The fourth-order valence-electron chi connectivity index (χ4n) is 8.94. The summed E-state index contributed by atoms with van der Waals surface area (Å²) in [5.74, 6) is -0.638. The number of hydrogen-bond acceptors (Lipinski definition) is 6. The molecular weight excluding hydrogens is 683 g/mol. The highest BCUT2D eigenvalue weighted by Gasteiger charge is 2.40. The highest BCUT2D eigenvalue weighted by Crippen LogP contribution is 2.39. The van der Waals surface area contributed by atoms with Gasteiger partial charge in [-0.25, -0.2) is 4.79 Å². The Morgan fingerprint density at radius 1 is 0.922 bits per heavy atom. The second kappa shape index (κ2) is 14.8. The number of piperazine rings is 1. The normalized spacial score (nSPS) is 25.3. The minimum atomic E-state index is -4.72. The van der Waals surface area contributed by atoms with Crippen LogP contribution in [0.3, 0.4) is 0 Å². The van der Waals surface area contributed by atoms with Gasteiger partial charge in [0.05, 0.1) is 22.2 Å². The van der Waals surface area contributed by atoms with Gasteiger partial charge in [-0.2, -0.15) is 13.2 Å². The second-order valence-electron chi connectivity index (χ2n) is 14.9. The quantitative estimate of drug-likeness (QED) is 0.397. The molecule has 2 aromatic carbocycles. The fourth-order valence-corrected chi connectivity index (χ4v) is 9.18. The van der Waals surface area contributed by atoms with Gasteiger partial charge in [-0.1, -0.05) is 29.8 Å². The number of nitrogen functional groups attached to an aromatic ring is 1. The predicted octanol–water partition coefficient (Wildman–Crippen LogP) is 4.81. The summed E-state index contributed by atoms with van der Waals surface area (Å²) < 4.78 is 41.6. The number of piperidine rings is 4. The third-order valence-corrected chi connectivity index (χ3v) is 12.2. The summed E-state index contributed by atoms with van der Waals surface area (Å²) in [7, 11) is 0. The molecule has 276 valence electrons. The molecule has 5 saturated heterocycles. The van der Waals surface area contributed by atoms with Crippen LogP contribution in [0, 0.1) is 11.8 Å². The monoisotopic (exact) mass is 729 g/mol. The Bertz CT molecular complexity index is 1620. The van der Waals surface area contributed by atoms with Crippen LogP contribution in [-0.2, 0) is 28.6 Å². The first-order valence-corrected chi connectivity index (χ1v) is 18.7. The van der Waals surface area contributed by atoms with E-state index < -0.39 is 23.3 Å². The average molecular weight is 730 g/mol. The number of fused-ring (bicyclic) bond motifs is 4. The number of rotatable bonds is 7. The van der Waals surface area contributed by atoms with Gasteiger partial charge >= 0.3 is 12.2 Å². The van der Waals surface area contributed by atoms with Gasteiger partial charge in [0.25, 0.3) is 0 Å². The summed E-state index contributed by atoms with van der Waals surface area (Å²) in [6.07, 6.45) is -0.594. The molecule has 2 bridgehead atoms. The Kier molecular flexibility index (Phi) is 10.4. The highest BCUT2D eigenvalue weighted by atomic mass is 35.5. The third kappa shape index (κ3) is 7.80. The SMILES string of the molecule is Nc1c(Cl)cc(CC(CC(=O)N2CCC(N3CCc4ccccc4NC3=O)CC2)C(=O)N2CCN(C3CN4CCC3CC4)CC2)cc1C(F)(F)F. The largest absolute Gasteiger partial charge is 0.418 e. The number of nitrogens with one attached hydrogen (secondary N) is 1. The van der Waals surface area contributed by atoms with Crippen LogP contribution in [0.1, 0.15) is 48.8 Å². The van der Waals surface area contributed by atoms with E-state index >= 15 is 0 Å². The molecule has 6 aliphatic rings. The summed E-state index contributed by atoms with van der Waals surface area (Å²) in [6.45, 7) is 7.27. The Morgan fingerprint density at radius 3 is 2.29 bits per heavy atom. The van der Waals surface area contributed by atoms with Crippen LogP contribution in [0.2, 0.25) is 5.02 Å². The smallest absolute Gasteiger partial charge is 0.397 e. The Morgan fingerprint density at radius 2 is 1.63 bits per heavy atom. The number of likely N-dealkylation sites (tertiary alicyclic amines) is 1. The van der Waals surface area contributed by atoms with E-state index in [0.29, 0.717) is 57.5 Å². The van der Waals surface area contributed by atoms with Crippen molar-refractivity contribution in [3.63, 3.8) is 0 Å². The van der Waals surface area contributed by atoms with E-state index in [1.807, 2.05) is 29.2 Å². The van der Waals surface area contributed by atoms with Gasteiger partial charge in [0.15, 0.2) is 0 Å². The van der Waals surface area contributed by atoms with Crippen molar-refractivity contribution in [2.75, 3.05) is 76.5 Å². The molecule has 2 atom stereocenters. The van der Waals surface area contributed by atoms with E-state index in [0.717, 1.165) is 56.5 Å². The van der Waals surface area contributed by atoms with Crippen molar-refractivity contribution in [3.05, 3.63) is 58.1 Å². The zero-order chi connectivity index (χ0) is 35.9. The predicted molar refractivity (Wildman–Crippen MR) is 189 cm³/mol. The number of carbonyl (C=O) groups is 3. The van der Waals surface area contributed by atoms with Crippen LogP contribution in [0.4, 0.5) is 29.3 Å². The van der Waals surface area contributed by atoms with Crippen LogP contribution in [0.5, 0.6) is 0 Å². The Hall–Kier alpha value is -3.55. The van der Waals surface area contributed by atoms with E-state index in [4.69, 9.17) is 17.3 Å². The number of hydrogen-bond donors (Lipinski definition) is 2. The number of benzene rings is 2. The van der Waals surface area contributed by atoms with Gasteiger partial charge in [0, 0.05) is 76.5 Å². The maximum atomic E-state index is 14.2. The maximum absolute atomic E-state index is 14.2. The summed E-state index contributed by atoms with van der Waals surface area (Å²) in [4.78, 5) is 51.5. The molecule has 51 heavy (non-hydrogen) atoms. The van der Waals surface area contributed by atoms with Gasteiger partial charge in [-0.3, -0.25) is 14.5 Å². The first-order valence-electron chi connectivity index (χ1n) is 18.3. The number of amides is 4. The number of urea groups is 1. The van der Waals surface area contributed by atoms with E-state index in [1.165, 1.54) is 18.9 Å². The molecule has 5 fully saturated rings. The molecule has 4 amide bonds. The molecule has 3 N–H and O–H groups in total. The zero-order valence-corrected chi connectivity index (χ0v) is 29.6. The van der Waals surface area contributed by atoms with E-state index in [-0.39, 0.29) is 47.3 Å². The van der Waals surface area contributed by atoms with Crippen LogP contribution in [0.15, 0.2) is 36.4 Å². The van der Waals surface area contributed by atoms with Gasteiger partial charge in [0.1, 0.15) is 0 Å². The lowest BCUT2D eigenvalue weighted by atomic mass is 9.83. The molecule has 8 rings (SSSR count). The summed E-state index contributed by atoms with van der Waals surface area (Å²) in [5.41, 5.74) is 6.22. The zero-order valence-electron chi connectivity index (χ0n) is 28.8. The first-order chi connectivity index (χ1) is 24.4. The van der Waals surface area contributed by atoms with E-state index in [1.54, 1.807) is 9.80 Å². The lowest BCUT2D eigenvalue weighted by Crippen LogP contribution is -2.61. The van der Waals surface area contributed by atoms with Crippen molar-refractivity contribution in [2.24, 2.45) is 11.8 Å². The number of halogens is 4. The number of nitrogens with zero attached hydrogens (tertiary/aromatic N) is 5. The Balaban J connectivity index is 1.02. The maximum Gasteiger partial charge on any atom is 0.418 e. The van der Waals surface area contributed by atoms with Gasteiger partial charge in [-0.05, 0) is 86.9 Å². The lowest BCUT2D eigenvalue weighted by Gasteiger charge is -2.51. The fraction of sp³-hybridized carbons (Fsp3) is 0.595. The molecular formula is C37H47ClF3N7O3. The average Bonchev–Trinajstić information content (AvgIpc) is 3.30. The van der Waals surface area contributed by atoms with Crippen molar-refractivity contribution >= 4 is 40.8 Å². The van der Waals surface area contributed by atoms with Crippen molar-refractivity contribution in [3.8, 4) is 0 Å². The summed E-state index contributed by atoms with van der Waals surface area (Å²) >= 11 is 6.17. The van der Waals surface area contributed by atoms with Crippen molar-refractivity contribution < 1.29 is 27.6 Å². The number of nitrogens with two attached hydrogens (primary N) is 1. The summed E-state index contributed by atoms with van der Waals surface area (Å²) in [5, 5.41) is 2.79. The van der Waals surface area contributed by atoms with Crippen LogP contribution in [-0.4, -0.2) is 120 Å². The molecule has 0 aromatic heterocycles. The topological polar surface area (TPSA) is 105 Å². The number of alkyl halides is 3. The molecule has 0 saturated carbocycles. The molecule has 0 radical (unpaired) electrons. The molecule has 10 nitrogen and oxygen atoms in total. The van der Waals surface area contributed by atoms with Crippen LogP contribution < -0.4 is 11.1 Å². The van der Waals surface area contributed by atoms with Crippen LogP contribution in [0.25, 0.3) is 0 Å². The third-order valence-electron chi connectivity index (χ3n) is 11.9. The van der Waals surface area contributed by atoms with Gasteiger partial charge < -0.3 is 30.7 Å².